The highest BCUT2D eigenvalue weighted by Crippen LogP contribution is 2.33. The van der Waals surface area contributed by atoms with E-state index in [1.807, 2.05) is 30.9 Å². The standard InChI is InChI=1S/C22H36N4O3S/c1-23-21(25-17-22(30-3)8-12-28-13-9-22)24-16-20(26-10-14-29-15-11-26)18-4-6-19(27-2)7-5-18/h4-7,20H,8-17H2,1-3H3,(H2,23,24,25). The lowest BCUT2D eigenvalue weighted by Gasteiger charge is -2.37. The molecule has 0 bridgehead atoms. The summed E-state index contributed by atoms with van der Waals surface area (Å²) in [7, 11) is 3.54. The number of thioether (sulfide) groups is 1. The molecule has 168 valence electrons. The highest BCUT2D eigenvalue weighted by Gasteiger charge is 2.32. The molecule has 7 nitrogen and oxygen atoms in total. The third kappa shape index (κ3) is 6.26. The fourth-order valence-electron chi connectivity index (χ4n) is 4.03. The number of ether oxygens (including phenoxy) is 3. The summed E-state index contributed by atoms with van der Waals surface area (Å²) in [6.45, 7) is 6.76. The number of aliphatic imine (C=N–C) groups is 1. The van der Waals surface area contributed by atoms with Gasteiger partial charge in [0.2, 0.25) is 0 Å². The summed E-state index contributed by atoms with van der Waals surface area (Å²) in [5, 5.41) is 7.12. The molecule has 2 aliphatic heterocycles. The van der Waals surface area contributed by atoms with Gasteiger partial charge in [-0.3, -0.25) is 9.89 Å². The summed E-state index contributed by atoms with van der Waals surface area (Å²) >= 11 is 1.93. The van der Waals surface area contributed by atoms with E-state index in [-0.39, 0.29) is 10.8 Å². The van der Waals surface area contributed by atoms with E-state index in [1.165, 1.54) is 5.56 Å². The number of hydrogen-bond donors (Lipinski definition) is 2. The van der Waals surface area contributed by atoms with Gasteiger partial charge in [0, 0.05) is 51.2 Å². The van der Waals surface area contributed by atoms with Crippen LogP contribution < -0.4 is 15.4 Å². The zero-order chi connectivity index (χ0) is 21.2. The van der Waals surface area contributed by atoms with E-state index in [0.717, 1.165) is 77.2 Å². The Morgan fingerprint density at radius 1 is 1.13 bits per heavy atom. The highest BCUT2D eigenvalue weighted by molar-refractivity contribution is 8.00. The summed E-state index contributed by atoms with van der Waals surface area (Å²) in [5.74, 6) is 1.73. The molecule has 1 aromatic rings. The fraction of sp³-hybridized carbons (Fsp3) is 0.682. The normalized spacial score (nSPS) is 21.1. The van der Waals surface area contributed by atoms with Gasteiger partial charge in [-0.25, -0.2) is 0 Å². The van der Waals surface area contributed by atoms with Crippen molar-refractivity contribution < 1.29 is 14.2 Å². The van der Waals surface area contributed by atoms with Gasteiger partial charge >= 0.3 is 0 Å². The molecule has 0 amide bonds. The van der Waals surface area contributed by atoms with Gasteiger partial charge in [-0.05, 0) is 36.8 Å². The number of rotatable bonds is 8. The average molecular weight is 437 g/mol. The molecule has 2 fully saturated rings. The summed E-state index contributed by atoms with van der Waals surface area (Å²) < 4.78 is 16.7. The van der Waals surface area contributed by atoms with Crippen molar-refractivity contribution in [3.8, 4) is 5.75 Å². The van der Waals surface area contributed by atoms with Crippen LogP contribution in [0.1, 0.15) is 24.4 Å². The maximum Gasteiger partial charge on any atom is 0.191 e. The van der Waals surface area contributed by atoms with Gasteiger partial charge in [-0.1, -0.05) is 12.1 Å². The van der Waals surface area contributed by atoms with E-state index in [4.69, 9.17) is 14.2 Å². The number of hydrogen-bond acceptors (Lipinski definition) is 6. The van der Waals surface area contributed by atoms with Gasteiger partial charge < -0.3 is 24.8 Å². The van der Waals surface area contributed by atoms with E-state index in [2.05, 4.69) is 38.9 Å². The van der Waals surface area contributed by atoms with Crippen LogP contribution in [0.25, 0.3) is 0 Å². The van der Waals surface area contributed by atoms with Crippen LogP contribution in [0.3, 0.4) is 0 Å². The minimum Gasteiger partial charge on any atom is -0.497 e. The summed E-state index contributed by atoms with van der Waals surface area (Å²) in [4.78, 5) is 6.95. The Morgan fingerprint density at radius 3 is 2.40 bits per heavy atom. The first-order valence-corrected chi connectivity index (χ1v) is 12.0. The highest BCUT2D eigenvalue weighted by atomic mass is 32.2. The van der Waals surface area contributed by atoms with Gasteiger partial charge in [-0.2, -0.15) is 11.8 Å². The predicted octanol–water partition coefficient (Wildman–Crippen LogP) is 2.15. The van der Waals surface area contributed by atoms with Crippen molar-refractivity contribution in [2.24, 2.45) is 4.99 Å². The van der Waals surface area contributed by atoms with Crippen LogP contribution in [-0.2, 0) is 9.47 Å². The molecule has 1 aromatic carbocycles. The van der Waals surface area contributed by atoms with Crippen molar-refractivity contribution in [3.05, 3.63) is 29.8 Å². The van der Waals surface area contributed by atoms with Crippen LogP contribution in [0.2, 0.25) is 0 Å². The molecule has 1 atom stereocenters. The predicted molar refractivity (Wildman–Crippen MR) is 124 cm³/mol. The number of benzene rings is 1. The summed E-state index contributed by atoms with van der Waals surface area (Å²) in [5.41, 5.74) is 1.27. The van der Waals surface area contributed by atoms with Gasteiger partial charge in [-0.15, -0.1) is 0 Å². The molecule has 2 saturated heterocycles. The van der Waals surface area contributed by atoms with E-state index in [1.54, 1.807) is 7.11 Å². The number of guanidine groups is 1. The first-order chi connectivity index (χ1) is 14.7. The van der Waals surface area contributed by atoms with Crippen LogP contribution in [0.4, 0.5) is 0 Å². The summed E-state index contributed by atoms with van der Waals surface area (Å²) in [6, 6.07) is 8.62. The molecule has 2 aliphatic rings. The molecule has 0 saturated carbocycles. The number of nitrogens with zero attached hydrogens (tertiary/aromatic N) is 2. The molecule has 30 heavy (non-hydrogen) atoms. The molecule has 2 heterocycles. The minimum atomic E-state index is 0.218. The maximum absolute atomic E-state index is 5.57. The van der Waals surface area contributed by atoms with Crippen LogP contribution in [0, 0.1) is 0 Å². The van der Waals surface area contributed by atoms with Crippen molar-refractivity contribution in [2.45, 2.75) is 23.6 Å². The maximum atomic E-state index is 5.57. The van der Waals surface area contributed by atoms with Crippen molar-refractivity contribution >= 4 is 17.7 Å². The van der Waals surface area contributed by atoms with Crippen molar-refractivity contribution in [1.82, 2.24) is 15.5 Å². The Balaban J connectivity index is 1.62. The Bertz CT molecular complexity index is 659. The van der Waals surface area contributed by atoms with E-state index in [9.17, 15) is 0 Å². The minimum absolute atomic E-state index is 0.218. The average Bonchev–Trinajstić information content (AvgIpc) is 2.83. The SMILES string of the molecule is CN=C(NCC(c1ccc(OC)cc1)N1CCOCC1)NCC1(SC)CCOCC1. The van der Waals surface area contributed by atoms with Gasteiger partial charge in [0.05, 0.1) is 26.4 Å². The van der Waals surface area contributed by atoms with Crippen LogP contribution in [0.15, 0.2) is 29.3 Å². The van der Waals surface area contributed by atoms with Crippen molar-refractivity contribution in [3.63, 3.8) is 0 Å². The van der Waals surface area contributed by atoms with Crippen LogP contribution in [-0.4, -0.2) is 88.6 Å². The third-order valence-electron chi connectivity index (χ3n) is 6.09. The van der Waals surface area contributed by atoms with E-state index >= 15 is 0 Å². The first-order valence-electron chi connectivity index (χ1n) is 10.7. The Morgan fingerprint density at radius 2 is 1.80 bits per heavy atom. The Labute approximate surface area is 184 Å². The molecule has 0 spiro atoms. The number of nitrogens with one attached hydrogen (secondary N) is 2. The smallest absolute Gasteiger partial charge is 0.191 e. The third-order valence-corrected chi connectivity index (χ3v) is 7.51. The number of methoxy groups -OCH3 is 1. The molecule has 3 rings (SSSR count). The second-order valence-electron chi connectivity index (χ2n) is 7.74. The Hall–Kier alpha value is -1.48. The lowest BCUT2D eigenvalue weighted by molar-refractivity contribution is 0.0170. The second-order valence-corrected chi connectivity index (χ2v) is 9.02. The molecule has 2 N–H and O–H groups in total. The van der Waals surface area contributed by atoms with Gasteiger partial charge in [0.15, 0.2) is 5.96 Å². The first kappa shape index (κ1) is 23.2. The quantitative estimate of drug-likeness (QED) is 0.478. The molecule has 0 aromatic heterocycles. The monoisotopic (exact) mass is 436 g/mol. The molecular formula is C22H36N4O3S. The Kier molecular flexibility index (Phi) is 9.11. The molecular weight excluding hydrogens is 400 g/mol. The molecule has 1 unspecified atom stereocenters. The molecule has 0 aliphatic carbocycles. The van der Waals surface area contributed by atoms with Gasteiger partial charge in [0.1, 0.15) is 5.75 Å². The lowest BCUT2D eigenvalue weighted by atomic mass is 9.99. The zero-order valence-corrected chi connectivity index (χ0v) is 19.3. The molecule has 8 heteroatoms. The van der Waals surface area contributed by atoms with E-state index in [0.29, 0.717) is 0 Å². The largest absolute Gasteiger partial charge is 0.497 e. The van der Waals surface area contributed by atoms with Crippen molar-refractivity contribution in [1.29, 1.82) is 0 Å². The van der Waals surface area contributed by atoms with Crippen molar-refractivity contribution in [2.75, 3.05) is 73.0 Å². The van der Waals surface area contributed by atoms with E-state index < -0.39 is 0 Å². The zero-order valence-electron chi connectivity index (χ0n) is 18.5. The van der Waals surface area contributed by atoms with Gasteiger partial charge in [0.25, 0.3) is 0 Å². The van der Waals surface area contributed by atoms with Crippen LogP contribution in [0.5, 0.6) is 5.75 Å². The van der Waals surface area contributed by atoms with Crippen LogP contribution >= 0.6 is 11.8 Å². The topological polar surface area (TPSA) is 67.4 Å². The number of morpholine rings is 1. The molecule has 0 radical (unpaired) electrons. The summed E-state index contributed by atoms with van der Waals surface area (Å²) in [6.07, 6.45) is 4.34. The lowest BCUT2D eigenvalue weighted by Crippen LogP contribution is -2.50. The fourth-order valence-corrected chi connectivity index (χ4v) is 4.82. The second kappa shape index (κ2) is 11.8.